The summed E-state index contributed by atoms with van der Waals surface area (Å²) in [6.07, 6.45) is 5.82. The Bertz CT molecular complexity index is 1140. The Labute approximate surface area is 175 Å². The number of ether oxygens (including phenoxy) is 1. The van der Waals surface area contributed by atoms with E-state index >= 15 is 0 Å². The van der Waals surface area contributed by atoms with Crippen LogP contribution in [0.25, 0.3) is 16.5 Å². The minimum Gasteiger partial charge on any atom is -0.493 e. The summed E-state index contributed by atoms with van der Waals surface area (Å²) in [4.78, 5) is 12.5. The molecule has 3 aromatic rings. The Morgan fingerprint density at radius 2 is 2.07 bits per heavy atom. The summed E-state index contributed by atoms with van der Waals surface area (Å²) >= 11 is 0. The standard InChI is InChI=1S/C25H26FNO3/c1-4-29-24-16(3)25-21(19-10-5-6-11-22(19)30-25)14-20(24)15(2)12-23(28)27-18-9-7-8-17(26)13-18/h7-9,12-14H,4-6,10-11H2,1-3H3,(H,27,28)/b15-12+. The molecule has 1 N–H and O–H groups in total. The van der Waals surface area contributed by atoms with E-state index in [0.717, 1.165) is 64.9 Å². The van der Waals surface area contributed by atoms with Gasteiger partial charge in [0.25, 0.3) is 0 Å². The van der Waals surface area contributed by atoms with Crippen LogP contribution >= 0.6 is 0 Å². The maximum Gasteiger partial charge on any atom is 0.248 e. The fourth-order valence-corrected chi connectivity index (χ4v) is 4.18. The quantitative estimate of drug-likeness (QED) is 0.512. The van der Waals surface area contributed by atoms with Crippen molar-refractivity contribution in [3.8, 4) is 5.75 Å². The summed E-state index contributed by atoms with van der Waals surface area (Å²) in [5.41, 5.74) is 5.20. The molecule has 4 rings (SSSR count). The minimum absolute atomic E-state index is 0.312. The number of allylic oxidation sites excluding steroid dienone is 1. The summed E-state index contributed by atoms with van der Waals surface area (Å²) in [5, 5.41) is 3.83. The van der Waals surface area contributed by atoms with Gasteiger partial charge in [-0.3, -0.25) is 4.79 Å². The van der Waals surface area contributed by atoms with Crippen LogP contribution in [0.3, 0.4) is 0 Å². The summed E-state index contributed by atoms with van der Waals surface area (Å²) in [5.74, 6) is 1.11. The fourth-order valence-electron chi connectivity index (χ4n) is 4.18. The van der Waals surface area contributed by atoms with E-state index in [1.54, 1.807) is 12.1 Å². The van der Waals surface area contributed by atoms with Gasteiger partial charge in [-0.05, 0) is 69.9 Å². The molecule has 1 amide bonds. The van der Waals surface area contributed by atoms with Gasteiger partial charge in [0.2, 0.25) is 5.91 Å². The molecule has 1 aliphatic carbocycles. The monoisotopic (exact) mass is 407 g/mol. The van der Waals surface area contributed by atoms with E-state index in [-0.39, 0.29) is 5.91 Å². The first-order chi connectivity index (χ1) is 14.5. The molecule has 0 atom stereocenters. The third-order valence-electron chi connectivity index (χ3n) is 5.58. The van der Waals surface area contributed by atoms with Crippen molar-refractivity contribution in [3.63, 3.8) is 0 Å². The highest BCUT2D eigenvalue weighted by Crippen LogP contribution is 2.41. The Hall–Kier alpha value is -3.08. The van der Waals surface area contributed by atoms with Crippen molar-refractivity contribution in [1.29, 1.82) is 0 Å². The number of furan rings is 1. The lowest BCUT2D eigenvalue weighted by molar-refractivity contribution is -0.111. The SMILES string of the molecule is CCOc1c(/C(C)=C/C(=O)Nc2cccc(F)c2)cc2c3c(oc2c1C)CCCC3. The molecular formula is C25H26FNO3. The maximum absolute atomic E-state index is 13.4. The second-order valence-corrected chi connectivity index (χ2v) is 7.73. The van der Waals surface area contributed by atoms with Crippen molar-refractivity contribution >= 4 is 28.1 Å². The van der Waals surface area contributed by atoms with Crippen molar-refractivity contribution in [1.82, 2.24) is 0 Å². The number of aryl methyl sites for hydroxylation is 3. The van der Waals surface area contributed by atoms with Crippen LogP contribution in [0.5, 0.6) is 5.75 Å². The van der Waals surface area contributed by atoms with E-state index in [2.05, 4.69) is 11.4 Å². The van der Waals surface area contributed by atoms with Crippen molar-refractivity contribution < 1.29 is 18.3 Å². The summed E-state index contributed by atoms with van der Waals surface area (Å²) < 4.78 is 25.6. The highest BCUT2D eigenvalue weighted by Gasteiger charge is 2.23. The largest absolute Gasteiger partial charge is 0.493 e. The van der Waals surface area contributed by atoms with Crippen molar-refractivity contribution in [2.45, 2.75) is 46.5 Å². The fraction of sp³-hybridized carbons (Fsp3) is 0.320. The number of benzene rings is 2. The molecule has 0 unspecified atom stereocenters. The third kappa shape index (κ3) is 3.84. The third-order valence-corrected chi connectivity index (χ3v) is 5.58. The van der Waals surface area contributed by atoms with Crippen LogP contribution in [0.4, 0.5) is 10.1 Å². The van der Waals surface area contributed by atoms with E-state index in [9.17, 15) is 9.18 Å². The van der Waals surface area contributed by atoms with E-state index in [0.29, 0.717) is 12.3 Å². The molecule has 0 radical (unpaired) electrons. The second-order valence-electron chi connectivity index (χ2n) is 7.73. The lowest BCUT2D eigenvalue weighted by Gasteiger charge is -2.15. The Morgan fingerprint density at radius 3 is 2.83 bits per heavy atom. The van der Waals surface area contributed by atoms with Gasteiger partial charge < -0.3 is 14.5 Å². The average molecular weight is 407 g/mol. The first-order valence-electron chi connectivity index (χ1n) is 10.4. The molecule has 0 bridgehead atoms. The molecule has 1 aliphatic rings. The summed E-state index contributed by atoms with van der Waals surface area (Å²) in [7, 11) is 0. The lowest BCUT2D eigenvalue weighted by atomic mass is 9.93. The first-order valence-corrected chi connectivity index (χ1v) is 10.4. The van der Waals surface area contributed by atoms with Crippen LogP contribution in [0.1, 0.15) is 49.1 Å². The zero-order valence-corrected chi connectivity index (χ0v) is 17.6. The molecule has 156 valence electrons. The molecule has 5 heteroatoms. The molecule has 0 saturated carbocycles. The predicted molar refractivity (Wildman–Crippen MR) is 117 cm³/mol. The molecule has 1 heterocycles. The Kier molecular flexibility index (Phi) is 5.62. The van der Waals surface area contributed by atoms with Gasteiger partial charge >= 0.3 is 0 Å². The van der Waals surface area contributed by atoms with Crippen LogP contribution in [-0.4, -0.2) is 12.5 Å². The van der Waals surface area contributed by atoms with Crippen molar-refractivity contribution in [3.05, 3.63) is 64.7 Å². The highest BCUT2D eigenvalue weighted by molar-refractivity contribution is 6.05. The number of fused-ring (bicyclic) bond motifs is 3. The highest BCUT2D eigenvalue weighted by atomic mass is 19.1. The molecule has 2 aromatic carbocycles. The minimum atomic E-state index is -0.391. The maximum atomic E-state index is 13.4. The molecule has 0 spiro atoms. The number of amides is 1. The molecule has 1 aromatic heterocycles. The normalized spacial score (nSPS) is 13.9. The Morgan fingerprint density at radius 1 is 1.27 bits per heavy atom. The van der Waals surface area contributed by atoms with Crippen LogP contribution in [-0.2, 0) is 17.6 Å². The van der Waals surface area contributed by atoms with Crippen molar-refractivity contribution in [2.75, 3.05) is 11.9 Å². The second kappa shape index (κ2) is 8.34. The predicted octanol–water partition coefficient (Wildman–Crippen LogP) is 6.20. The van der Waals surface area contributed by atoms with Gasteiger partial charge in [0, 0.05) is 40.3 Å². The van der Waals surface area contributed by atoms with Gasteiger partial charge in [0.05, 0.1) is 6.61 Å². The van der Waals surface area contributed by atoms with E-state index in [4.69, 9.17) is 9.15 Å². The van der Waals surface area contributed by atoms with Crippen LogP contribution in [0.15, 0.2) is 40.8 Å². The van der Waals surface area contributed by atoms with Crippen molar-refractivity contribution in [2.24, 2.45) is 0 Å². The number of carbonyl (C=O) groups excluding carboxylic acids is 1. The molecule has 0 saturated heterocycles. The van der Waals surface area contributed by atoms with E-state index < -0.39 is 5.82 Å². The number of halogens is 1. The van der Waals surface area contributed by atoms with Gasteiger partial charge in [0.1, 0.15) is 22.9 Å². The van der Waals surface area contributed by atoms with Gasteiger partial charge in [-0.2, -0.15) is 0 Å². The van der Waals surface area contributed by atoms with Crippen LogP contribution in [0, 0.1) is 12.7 Å². The number of nitrogens with one attached hydrogen (secondary N) is 1. The van der Waals surface area contributed by atoms with Crippen LogP contribution < -0.4 is 10.1 Å². The lowest BCUT2D eigenvalue weighted by Crippen LogP contribution is -2.09. The molecule has 4 nitrogen and oxygen atoms in total. The van der Waals surface area contributed by atoms with Gasteiger partial charge in [-0.25, -0.2) is 4.39 Å². The molecular weight excluding hydrogens is 381 g/mol. The van der Waals surface area contributed by atoms with Gasteiger partial charge in [-0.1, -0.05) is 6.07 Å². The number of hydrogen-bond donors (Lipinski definition) is 1. The van der Waals surface area contributed by atoms with Gasteiger partial charge in [0.15, 0.2) is 0 Å². The van der Waals surface area contributed by atoms with E-state index in [1.165, 1.54) is 23.8 Å². The Balaban J connectivity index is 1.74. The van der Waals surface area contributed by atoms with Crippen LogP contribution in [0.2, 0.25) is 0 Å². The zero-order chi connectivity index (χ0) is 21.3. The summed E-state index contributed by atoms with van der Waals surface area (Å²) in [6.45, 7) is 6.35. The molecule has 30 heavy (non-hydrogen) atoms. The number of carbonyl (C=O) groups is 1. The van der Waals surface area contributed by atoms with Gasteiger partial charge in [-0.15, -0.1) is 0 Å². The molecule has 0 fully saturated rings. The first kappa shape index (κ1) is 20.2. The molecule has 0 aliphatic heterocycles. The average Bonchev–Trinajstić information content (AvgIpc) is 3.09. The summed E-state index contributed by atoms with van der Waals surface area (Å²) in [6, 6.07) is 7.94. The van der Waals surface area contributed by atoms with E-state index in [1.807, 2.05) is 20.8 Å². The topological polar surface area (TPSA) is 51.5 Å². The smallest absolute Gasteiger partial charge is 0.248 e. The number of hydrogen-bond acceptors (Lipinski definition) is 3. The number of anilines is 1. The zero-order valence-electron chi connectivity index (χ0n) is 17.6. The number of rotatable bonds is 5.